The number of sulfonamides is 1. The molecule has 0 amide bonds. The maximum atomic E-state index is 12.1. The summed E-state index contributed by atoms with van der Waals surface area (Å²) >= 11 is 5.77. The standard InChI is InChI=1S/C12H17ClN2O2S/c1-2-12(5-6-12)8-15-18(16,17)9-3-4-10(13)11(14)7-9/h3-4,7,15H,2,5-6,8,14H2,1H3. The molecule has 0 aromatic heterocycles. The van der Waals surface area contributed by atoms with E-state index in [0.29, 0.717) is 11.6 Å². The largest absolute Gasteiger partial charge is 0.397 e. The Balaban J connectivity index is 2.13. The summed E-state index contributed by atoms with van der Waals surface area (Å²) in [7, 11) is -3.49. The number of nitrogens with two attached hydrogens (primary N) is 1. The van der Waals surface area contributed by atoms with E-state index in [0.717, 1.165) is 19.3 Å². The van der Waals surface area contributed by atoms with Gasteiger partial charge in [0.25, 0.3) is 0 Å². The summed E-state index contributed by atoms with van der Waals surface area (Å²) in [4.78, 5) is 0.163. The average Bonchev–Trinajstić information content (AvgIpc) is 3.11. The lowest BCUT2D eigenvalue weighted by Crippen LogP contribution is -2.30. The fraction of sp³-hybridized carbons (Fsp3) is 0.500. The van der Waals surface area contributed by atoms with Crippen LogP contribution in [0.5, 0.6) is 0 Å². The van der Waals surface area contributed by atoms with E-state index in [2.05, 4.69) is 11.6 Å². The first kappa shape index (κ1) is 13.6. The van der Waals surface area contributed by atoms with Crippen molar-refractivity contribution in [3.8, 4) is 0 Å². The van der Waals surface area contributed by atoms with Crippen molar-refractivity contribution in [2.45, 2.75) is 31.1 Å². The molecule has 18 heavy (non-hydrogen) atoms. The van der Waals surface area contributed by atoms with Gasteiger partial charge in [-0.15, -0.1) is 0 Å². The molecule has 1 fully saturated rings. The highest BCUT2D eigenvalue weighted by atomic mass is 35.5. The highest BCUT2D eigenvalue weighted by molar-refractivity contribution is 7.89. The number of halogens is 1. The second kappa shape index (κ2) is 4.72. The Labute approximate surface area is 113 Å². The van der Waals surface area contributed by atoms with Gasteiger partial charge >= 0.3 is 0 Å². The van der Waals surface area contributed by atoms with Crippen molar-refractivity contribution in [2.75, 3.05) is 12.3 Å². The zero-order chi connectivity index (χ0) is 13.4. The minimum atomic E-state index is -3.49. The maximum Gasteiger partial charge on any atom is 0.240 e. The molecule has 6 heteroatoms. The van der Waals surface area contributed by atoms with E-state index in [9.17, 15) is 8.42 Å². The van der Waals surface area contributed by atoms with Crippen LogP contribution in [0.15, 0.2) is 23.1 Å². The second-order valence-electron chi connectivity index (χ2n) is 4.86. The molecule has 0 spiro atoms. The molecule has 1 aliphatic rings. The average molecular weight is 289 g/mol. The van der Waals surface area contributed by atoms with Crippen molar-refractivity contribution >= 4 is 27.3 Å². The molecule has 1 saturated carbocycles. The highest BCUT2D eigenvalue weighted by Gasteiger charge is 2.41. The Bertz CT molecular complexity index is 553. The van der Waals surface area contributed by atoms with E-state index >= 15 is 0 Å². The lowest BCUT2D eigenvalue weighted by molar-refractivity contribution is 0.475. The molecular formula is C12H17ClN2O2S. The van der Waals surface area contributed by atoms with Gasteiger partial charge in [0, 0.05) is 6.54 Å². The van der Waals surface area contributed by atoms with E-state index in [1.54, 1.807) is 0 Å². The summed E-state index contributed by atoms with van der Waals surface area (Å²) in [6.45, 7) is 2.58. The van der Waals surface area contributed by atoms with E-state index in [1.807, 2.05) is 0 Å². The first-order chi connectivity index (χ1) is 8.38. The van der Waals surface area contributed by atoms with Crippen LogP contribution in [-0.2, 0) is 10.0 Å². The first-order valence-electron chi connectivity index (χ1n) is 5.93. The molecule has 0 unspecified atom stereocenters. The third-order valence-electron chi connectivity index (χ3n) is 3.62. The van der Waals surface area contributed by atoms with Gasteiger partial charge in [-0.1, -0.05) is 18.5 Å². The third-order valence-corrected chi connectivity index (χ3v) is 5.37. The van der Waals surface area contributed by atoms with Gasteiger partial charge in [-0.3, -0.25) is 0 Å². The normalized spacial score (nSPS) is 17.7. The fourth-order valence-electron chi connectivity index (χ4n) is 1.85. The smallest absolute Gasteiger partial charge is 0.240 e. The number of benzene rings is 1. The summed E-state index contributed by atoms with van der Waals surface area (Å²) in [6, 6.07) is 4.35. The lowest BCUT2D eigenvalue weighted by atomic mass is 10.1. The molecule has 3 N–H and O–H groups in total. The van der Waals surface area contributed by atoms with Gasteiger partial charge in [-0.25, -0.2) is 13.1 Å². The zero-order valence-electron chi connectivity index (χ0n) is 10.2. The minimum Gasteiger partial charge on any atom is -0.397 e. The van der Waals surface area contributed by atoms with Gasteiger partial charge in [-0.05, 0) is 42.9 Å². The Morgan fingerprint density at radius 3 is 2.61 bits per heavy atom. The molecule has 4 nitrogen and oxygen atoms in total. The number of hydrogen-bond donors (Lipinski definition) is 2. The quantitative estimate of drug-likeness (QED) is 0.817. The molecule has 1 aromatic rings. The van der Waals surface area contributed by atoms with Crippen LogP contribution in [0.3, 0.4) is 0 Å². The fourth-order valence-corrected chi connectivity index (χ4v) is 3.16. The number of nitrogens with one attached hydrogen (secondary N) is 1. The van der Waals surface area contributed by atoms with E-state index < -0.39 is 10.0 Å². The Kier molecular flexibility index (Phi) is 3.58. The summed E-state index contributed by atoms with van der Waals surface area (Å²) in [6.07, 6.45) is 3.18. The number of anilines is 1. The topological polar surface area (TPSA) is 72.2 Å². The molecule has 100 valence electrons. The van der Waals surface area contributed by atoms with Crippen LogP contribution in [0, 0.1) is 5.41 Å². The SMILES string of the molecule is CCC1(CNS(=O)(=O)c2ccc(Cl)c(N)c2)CC1. The first-order valence-corrected chi connectivity index (χ1v) is 7.79. The van der Waals surface area contributed by atoms with Crippen LogP contribution in [0.4, 0.5) is 5.69 Å². The predicted molar refractivity (Wildman–Crippen MR) is 73.0 cm³/mol. The van der Waals surface area contributed by atoms with Crippen molar-refractivity contribution < 1.29 is 8.42 Å². The molecular weight excluding hydrogens is 272 g/mol. The van der Waals surface area contributed by atoms with Gasteiger partial charge in [0.05, 0.1) is 15.6 Å². The number of nitrogen functional groups attached to an aromatic ring is 1. The summed E-state index contributed by atoms with van der Waals surface area (Å²) in [5.74, 6) is 0. The summed E-state index contributed by atoms with van der Waals surface area (Å²) < 4.78 is 26.8. The van der Waals surface area contributed by atoms with Crippen molar-refractivity contribution in [1.82, 2.24) is 4.72 Å². The summed E-state index contributed by atoms with van der Waals surface area (Å²) in [5.41, 5.74) is 6.06. The Hall–Kier alpha value is -0.780. The second-order valence-corrected chi connectivity index (χ2v) is 7.04. The van der Waals surface area contributed by atoms with E-state index in [-0.39, 0.29) is 16.0 Å². The molecule has 0 aliphatic heterocycles. The number of hydrogen-bond acceptors (Lipinski definition) is 3. The van der Waals surface area contributed by atoms with Gasteiger partial charge in [0.1, 0.15) is 0 Å². The van der Waals surface area contributed by atoms with Crippen LogP contribution in [0.25, 0.3) is 0 Å². The van der Waals surface area contributed by atoms with Crippen molar-refractivity contribution in [2.24, 2.45) is 5.41 Å². The molecule has 0 saturated heterocycles. The molecule has 0 atom stereocenters. The van der Waals surface area contributed by atoms with Gasteiger partial charge in [0.2, 0.25) is 10.0 Å². The predicted octanol–water partition coefficient (Wildman–Crippen LogP) is 2.39. The Morgan fingerprint density at radius 2 is 2.11 bits per heavy atom. The van der Waals surface area contributed by atoms with Gasteiger partial charge < -0.3 is 5.73 Å². The monoisotopic (exact) mass is 288 g/mol. The molecule has 1 aliphatic carbocycles. The van der Waals surface area contributed by atoms with Crippen LogP contribution in [-0.4, -0.2) is 15.0 Å². The van der Waals surface area contributed by atoms with Gasteiger partial charge in [-0.2, -0.15) is 0 Å². The van der Waals surface area contributed by atoms with Crippen LogP contribution in [0.2, 0.25) is 5.02 Å². The molecule has 0 radical (unpaired) electrons. The van der Waals surface area contributed by atoms with Crippen molar-refractivity contribution in [3.05, 3.63) is 23.2 Å². The molecule has 2 rings (SSSR count). The van der Waals surface area contributed by atoms with E-state index in [4.69, 9.17) is 17.3 Å². The van der Waals surface area contributed by atoms with E-state index in [1.165, 1.54) is 18.2 Å². The third kappa shape index (κ3) is 2.79. The van der Waals surface area contributed by atoms with Crippen LogP contribution < -0.4 is 10.5 Å². The Morgan fingerprint density at radius 1 is 1.44 bits per heavy atom. The lowest BCUT2D eigenvalue weighted by Gasteiger charge is -2.14. The minimum absolute atomic E-state index is 0.163. The van der Waals surface area contributed by atoms with Crippen molar-refractivity contribution in [3.63, 3.8) is 0 Å². The highest BCUT2D eigenvalue weighted by Crippen LogP contribution is 2.48. The van der Waals surface area contributed by atoms with Crippen LogP contribution >= 0.6 is 11.6 Å². The molecule has 1 aromatic carbocycles. The number of rotatable bonds is 5. The molecule has 0 bridgehead atoms. The summed E-state index contributed by atoms with van der Waals surface area (Å²) in [5, 5.41) is 0.362. The van der Waals surface area contributed by atoms with Gasteiger partial charge in [0.15, 0.2) is 0 Å². The molecule has 0 heterocycles. The van der Waals surface area contributed by atoms with Crippen molar-refractivity contribution in [1.29, 1.82) is 0 Å². The zero-order valence-corrected chi connectivity index (χ0v) is 11.8. The van der Waals surface area contributed by atoms with Crippen LogP contribution in [0.1, 0.15) is 26.2 Å². The maximum absolute atomic E-state index is 12.1.